The number of alkyl halides is 3. The van der Waals surface area contributed by atoms with Gasteiger partial charge in [0.1, 0.15) is 12.4 Å². The summed E-state index contributed by atoms with van der Waals surface area (Å²) in [5.74, 6) is 0.355. The summed E-state index contributed by atoms with van der Waals surface area (Å²) in [6, 6.07) is 10.9. The maximum Gasteiger partial charge on any atom is 0.416 e. The van der Waals surface area contributed by atoms with Crippen molar-refractivity contribution in [2.45, 2.75) is 11.1 Å². The quantitative estimate of drug-likeness (QED) is 0.776. The van der Waals surface area contributed by atoms with Gasteiger partial charge in [0.05, 0.1) is 17.0 Å². The minimum Gasteiger partial charge on any atom is -0.492 e. The molecular formula is C17H18F3NO3S. The first kappa shape index (κ1) is 19.1. The highest BCUT2D eigenvalue weighted by Crippen LogP contribution is 2.30. The highest BCUT2D eigenvalue weighted by Gasteiger charge is 2.29. The van der Waals surface area contributed by atoms with E-state index in [-0.39, 0.29) is 11.5 Å². The molecule has 0 spiro atoms. The number of rotatable bonds is 6. The Hall–Kier alpha value is -2.22. The summed E-state index contributed by atoms with van der Waals surface area (Å²) in [6.45, 7) is 0.759. The number of anilines is 1. The van der Waals surface area contributed by atoms with Crippen LogP contribution in [0.4, 0.5) is 18.9 Å². The molecule has 0 aliphatic heterocycles. The van der Waals surface area contributed by atoms with Crippen molar-refractivity contribution in [3.8, 4) is 5.75 Å². The lowest BCUT2D eigenvalue weighted by atomic mass is 10.2. The van der Waals surface area contributed by atoms with Gasteiger partial charge >= 0.3 is 6.18 Å². The molecule has 0 unspecified atom stereocenters. The number of nitrogens with zero attached hydrogens (tertiary/aromatic N) is 1. The Kier molecular flexibility index (Phi) is 5.62. The van der Waals surface area contributed by atoms with Crippen LogP contribution in [-0.4, -0.2) is 34.9 Å². The molecule has 2 rings (SSSR count). The van der Waals surface area contributed by atoms with Gasteiger partial charge in [-0.1, -0.05) is 0 Å². The van der Waals surface area contributed by atoms with Crippen LogP contribution in [0.2, 0.25) is 0 Å². The number of sulfone groups is 1. The third kappa shape index (κ3) is 5.38. The summed E-state index contributed by atoms with van der Waals surface area (Å²) in [5, 5.41) is 0. The highest BCUT2D eigenvalue weighted by molar-refractivity contribution is 7.90. The molecule has 0 heterocycles. The molecular weight excluding hydrogens is 355 g/mol. The summed E-state index contributed by atoms with van der Waals surface area (Å²) in [6.07, 6.45) is -3.22. The van der Waals surface area contributed by atoms with Crippen molar-refractivity contribution in [1.29, 1.82) is 0 Å². The molecule has 0 radical (unpaired) electrons. The van der Waals surface area contributed by atoms with Gasteiger partial charge in [0.25, 0.3) is 0 Å². The molecule has 136 valence electrons. The Balaban J connectivity index is 1.89. The zero-order chi connectivity index (χ0) is 18.7. The summed E-state index contributed by atoms with van der Waals surface area (Å²) in [7, 11) is -1.42. The van der Waals surface area contributed by atoms with Gasteiger partial charge in [0.2, 0.25) is 0 Å². The summed E-state index contributed by atoms with van der Waals surface area (Å²) >= 11 is 0. The molecule has 2 aromatic rings. The molecule has 0 aliphatic rings. The van der Waals surface area contributed by atoms with E-state index < -0.39 is 21.6 Å². The highest BCUT2D eigenvalue weighted by atomic mass is 32.2. The van der Waals surface area contributed by atoms with E-state index in [1.807, 2.05) is 11.9 Å². The molecule has 0 saturated carbocycles. The van der Waals surface area contributed by atoms with Crippen LogP contribution in [0, 0.1) is 0 Å². The number of hydrogen-bond donors (Lipinski definition) is 0. The molecule has 0 N–H and O–H groups in total. The Morgan fingerprint density at radius 3 is 2.04 bits per heavy atom. The first-order valence-electron chi connectivity index (χ1n) is 7.39. The van der Waals surface area contributed by atoms with Crippen LogP contribution in [0.1, 0.15) is 5.56 Å². The van der Waals surface area contributed by atoms with Gasteiger partial charge < -0.3 is 9.64 Å². The van der Waals surface area contributed by atoms with Gasteiger partial charge in [-0.25, -0.2) is 8.42 Å². The summed E-state index contributed by atoms with van der Waals surface area (Å²) in [4.78, 5) is 2.10. The second-order valence-corrected chi connectivity index (χ2v) is 7.57. The van der Waals surface area contributed by atoms with Crippen molar-refractivity contribution in [2.75, 3.05) is 31.4 Å². The number of halogens is 3. The van der Waals surface area contributed by atoms with Crippen molar-refractivity contribution in [2.24, 2.45) is 0 Å². The third-order valence-corrected chi connectivity index (χ3v) is 4.71. The Morgan fingerprint density at radius 1 is 1.00 bits per heavy atom. The zero-order valence-electron chi connectivity index (χ0n) is 13.7. The molecule has 25 heavy (non-hydrogen) atoms. The predicted octanol–water partition coefficient (Wildman–Crippen LogP) is 3.62. The lowest BCUT2D eigenvalue weighted by Crippen LogP contribution is -2.23. The molecule has 0 saturated heterocycles. The van der Waals surface area contributed by atoms with Crippen LogP contribution >= 0.6 is 0 Å². The van der Waals surface area contributed by atoms with E-state index >= 15 is 0 Å². The normalized spacial score (nSPS) is 12.0. The number of ether oxygens (including phenoxy) is 1. The maximum absolute atomic E-state index is 12.5. The topological polar surface area (TPSA) is 46.6 Å². The second kappa shape index (κ2) is 7.35. The smallest absolute Gasteiger partial charge is 0.416 e. The van der Waals surface area contributed by atoms with E-state index in [2.05, 4.69) is 0 Å². The molecule has 8 heteroatoms. The number of likely N-dealkylation sites (N-methyl/N-ethyl adjacent to an activating group) is 1. The zero-order valence-corrected chi connectivity index (χ0v) is 14.6. The van der Waals surface area contributed by atoms with E-state index in [1.165, 1.54) is 24.3 Å². The van der Waals surface area contributed by atoms with Gasteiger partial charge in [0.15, 0.2) is 9.84 Å². The number of benzene rings is 2. The first-order valence-corrected chi connectivity index (χ1v) is 9.28. The van der Waals surface area contributed by atoms with Crippen molar-refractivity contribution in [3.05, 3.63) is 54.1 Å². The largest absolute Gasteiger partial charge is 0.492 e. The Bertz CT molecular complexity index is 801. The SMILES string of the molecule is CN(CCOc1ccc(C(F)(F)F)cc1)c1ccc(S(C)(=O)=O)cc1. The fourth-order valence-electron chi connectivity index (χ4n) is 2.12. The van der Waals surface area contributed by atoms with Gasteiger partial charge in [-0.05, 0) is 48.5 Å². The van der Waals surface area contributed by atoms with Crippen molar-refractivity contribution in [1.82, 2.24) is 0 Å². The summed E-state index contributed by atoms with van der Waals surface area (Å²) < 4.78 is 65.7. The molecule has 0 bridgehead atoms. The lowest BCUT2D eigenvalue weighted by Gasteiger charge is -2.19. The molecule has 2 aromatic carbocycles. The van der Waals surface area contributed by atoms with Crippen molar-refractivity contribution in [3.63, 3.8) is 0 Å². The van der Waals surface area contributed by atoms with E-state index in [1.54, 1.807) is 12.1 Å². The average molecular weight is 373 g/mol. The predicted molar refractivity (Wildman–Crippen MR) is 89.8 cm³/mol. The van der Waals surface area contributed by atoms with Gasteiger partial charge in [0, 0.05) is 19.0 Å². The van der Waals surface area contributed by atoms with Gasteiger partial charge in [-0.2, -0.15) is 13.2 Å². The van der Waals surface area contributed by atoms with E-state index in [0.29, 0.717) is 12.3 Å². The fourth-order valence-corrected chi connectivity index (χ4v) is 2.75. The second-order valence-electron chi connectivity index (χ2n) is 5.56. The molecule has 0 amide bonds. The minimum atomic E-state index is -4.36. The maximum atomic E-state index is 12.5. The van der Waals surface area contributed by atoms with Crippen LogP contribution < -0.4 is 9.64 Å². The van der Waals surface area contributed by atoms with Crippen LogP contribution in [0.5, 0.6) is 5.75 Å². The van der Waals surface area contributed by atoms with Crippen LogP contribution in [0.25, 0.3) is 0 Å². The molecule has 0 atom stereocenters. The summed E-state index contributed by atoms with van der Waals surface area (Å²) in [5.41, 5.74) is 0.0892. The van der Waals surface area contributed by atoms with Crippen molar-refractivity contribution < 1.29 is 26.3 Å². The molecule has 4 nitrogen and oxygen atoms in total. The van der Waals surface area contributed by atoms with Crippen LogP contribution in [0.15, 0.2) is 53.4 Å². The van der Waals surface area contributed by atoms with Crippen LogP contribution in [0.3, 0.4) is 0 Å². The van der Waals surface area contributed by atoms with Crippen molar-refractivity contribution >= 4 is 15.5 Å². The fraction of sp³-hybridized carbons (Fsp3) is 0.294. The van der Waals surface area contributed by atoms with Gasteiger partial charge in [-0.15, -0.1) is 0 Å². The monoisotopic (exact) mass is 373 g/mol. The Labute approximate surface area is 144 Å². The van der Waals surface area contributed by atoms with E-state index in [9.17, 15) is 21.6 Å². The van der Waals surface area contributed by atoms with Gasteiger partial charge in [-0.3, -0.25) is 0 Å². The first-order chi connectivity index (χ1) is 11.6. The standard InChI is InChI=1S/C17H18F3NO3S/c1-21(14-5-9-16(10-6-14)25(2,22)23)11-12-24-15-7-3-13(4-8-15)17(18,19)20/h3-10H,11-12H2,1-2H3. The average Bonchev–Trinajstić information content (AvgIpc) is 2.54. The van der Waals surface area contributed by atoms with Crippen LogP contribution in [-0.2, 0) is 16.0 Å². The minimum absolute atomic E-state index is 0.241. The van der Waals surface area contributed by atoms with E-state index in [0.717, 1.165) is 24.1 Å². The lowest BCUT2D eigenvalue weighted by molar-refractivity contribution is -0.137. The number of hydrogen-bond acceptors (Lipinski definition) is 4. The Morgan fingerprint density at radius 2 is 1.56 bits per heavy atom. The molecule has 0 fully saturated rings. The molecule has 0 aliphatic carbocycles. The third-order valence-electron chi connectivity index (χ3n) is 3.58. The van der Waals surface area contributed by atoms with E-state index in [4.69, 9.17) is 4.74 Å². The molecule has 0 aromatic heterocycles.